The molecule has 5 heteroatoms. The van der Waals surface area contributed by atoms with Crippen LogP contribution >= 0.6 is 0 Å². The highest BCUT2D eigenvalue weighted by Crippen LogP contribution is 2.38. The Hall–Kier alpha value is -1.27. The van der Waals surface area contributed by atoms with E-state index >= 15 is 0 Å². The number of hydrogen-bond donors (Lipinski definition) is 0. The van der Waals surface area contributed by atoms with Gasteiger partial charge in [0.1, 0.15) is 18.3 Å². The second-order valence-corrected chi connectivity index (χ2v) is 5.47. The minimum Gasteiger partial charge on any atom is -0.367 e. The molecule has 0 saturated carbocycles. The first-order valence-corrected chi connectivity index (χ1v) is 6.71. The fraction of sp³-hybridized carbons (Fsp3) is 0.533. The van der Waals surface area contributed by atoms with Crippen molar-refractivity contribution in [2.24, 2.45) is 0 Å². The van der Waals surface area contributed by atoms with E-state index in [1.807, 2.05) is 44.2 Å². The molecule has 0 spiro atoms. The highest BCUT2D eigenvalue weighted by Gasteiger charge is 2.55. The van der Waals surface area contributed by atoms with E-state index in [1.165, 1.54) is 0 Å². The summed E-state index contributed by atoms with van der Waals surface area (Å²) in [4.78, 5) is 11.1. The van der Waals surface area contributed by atoms with Gasteiger partial charge in [0.15, 0.2) is 18.4 Å². The molecule has 0 unspecified atom stereocenters. The second-order valence-electron chi connectivity index (χ2n) is 5.47. The van der Waals surface area contributed by atoms with Gasteiger partial charge in [0.25, 0.3) is 0 Å². The van der Waals surface area contributed by atoms with Crippen LogP contribution < -0.4 is 0 Å². The van der Waals surface area contributed by atoms with Crippen LogP contribution in [0.15, 0.2) is 30.3 Å². The molecule has 0 N–H and O–H groups in total. The number of rotatable bonds is 4. The molecule has 108 valence electrons. The van der Waals surface area contributed by atoms with E-state index < -0.39 is 24.3 Å². The van der Waals surface area contributed by atoms with E-state index in [4.69, 9.17) is 18.9 Å². The summed E-state index contributed by atoms with van der Waals surface area (Å²) in [7, 11) is 0. The van der Waals surface area contributed by atoms with Crippen molar-refractivity contribution in [2.45, 2.75) is 50.8 Å². The number of carbonyl (C=O) groups excluding carboxylic acids is 1. The number of benzene rings is 1. The molecular formula is C15H18O5. The van der Waals surface area contributed by atoms with Gasteiger partial charge >= 0.3 is 0 Å². The van der Waals surface area contributed by atoms with E-state index in [2.05, 4.69) is 0 Å². The van der Waals surface area contributed by atoms with Crippen molar-refractivity contribution in [3.8, 4) is 0 Å². The fourth-order valence-electron chi connectivity index (χ4n) is 2.57. The zero-order valence-electron chi connectivity index (χ0n) is 11.5. The highest BCUT2D eigenvalue weighted by molar-refractivity contribution is 5.58. The zero-order chi connectivity index (χ0) is 14.2. The number of aldehydes is 1. The predicted molar refractivity (Wildman–Crippen MR) is 69.8 cm³/mol. The molecule has 3 rings (SSSR count). The van der Waals surface area contributed by atoms with Crippen LogP contribution in [0, 0.1) is 0 Å². The maximum absolute atomic E-state index is 11.1. The normalized spacial score (nSPS) is 34.9. The first-order valence-electron chi connectivity index (χ1n) is 6.71. The highest BCUT2D eigenvalue weighted by atomic mass is 16.8. The monoisotopic (exact) mass is 278 g/mol. The fourth-order valence-corrected chi connectivity index (χ4v) is 2.57. The SMILES string of the molecule is CC1(C)O[C@H]2O[C@H](C=O)[C@@H](OCc3ccccc3)[C@@H]2O1. The van der Waals surface area contributed by atoms with Crippen LogP contribution in [0.4, 0.5) is 0 Å². The summed E-state index contributed by atoms with van der Waals surface area (Å²) >= 11 is 0. The molecule has 0 aromatic heterocycles. The molecule has 20 heavy (non-hydrogen) atoms. The Labute approximate surface area is 117 Å². The summed E-state index contributed by atoms with van der Waals surface area (Å²) < 4.78 is 22.7. The summed E-state index contributed by atoms with van der Waals surface area (Å²) in [5, 5.41) is 0. The summed E-state index contributed by atoms with van der Waals surface area (Å²) in [6.07, 6.45) is -1.26. The van der Waals surface area contributed by atoms with Crippen molar-refractivity contribution in [3.63, 3.8) is 0 Å². The van der Waals surface area contributed by atoms with Gasteiger partial charge in [-0.05, 0) is 19.4 Å². The van der Waals surface area contributed by atoms with Crippen LogP contribution in [0.25, 0.3) is 0 Å². The Balaban J connectivity index is 1.68. The third-order valence-corrected chi connectivity index (χ3v) is 3.45. The molecule has 0 radical (unpaired) electrons. The Morgan fingerprint density at radius 2 is 2.00 bits per heavy atom. The largest absolute Gasteiger partial charge is 0.367 e. The first-order chi connectivity index (χ1) is 9.59. The van der Waals surface area contributed by atoms with Crippen LogP contribution in [0.1, 0.15) is 19.4 Å². The lowest BCUT2D eigenvalue weighted by molar-refractivity contribution is -0.216. The van der Waals surface area contributed by atoms with Crippen LogP contribution in [-0.4, -0.2) is 36.7 Å². The Kier molecular flexibility index (Phi) is 3.60. The topological polar surface area (TPSA) is 54.0 Å². The smallest absolute Gasteiger partial charge is 0.190 e. The number of fused-ring (bicyclic) bond motifs is 1. The number of carbonyl (C=O) groups is 1. The summed E-state index contributed by atoms with van der Waals surface area (Å²) in [5.41, 5.74) is 1.04. The van der Waals surface area contributed by atoms with Crippen molar-refractivity contribution in [3.05, 3.63) is 35.9 Å². The maximum atomic E-state index is 11.1. The third-order valence-electron chi connectivity index (χ3n) is 3.45. The van der Waals surface area contributed by atoms with Crippen molar-refractivity contribution in [1.82, 2.24) is 0 Å². The Bertz CT molecular complexity index is 472. The van der Waals surface area contributed by atoms with Gasteiger partial charge in [-0.15, -0.1) is 0 Å². The van der Waals surface area contributed by atoms with Crippen molar-refractivity contribution < 1.29 is 23.7 Å². The molecule has 5 nitrogen and oxygen atoms in total. The van der Waals surface area contributed by atoms with Gasteiger partial charge in [-0.3, -0.25) is 0 Å². The molecule has 2 aliphatic rings. The van der Waals surface area contributed by atoms with Crippen LogP contribution in [0.2, 0.25) is 0 Å². The maximum Gasteiger partial charge on any atom is 0.190 e. The standard InChI is InChI=1S/C15H18O5/c1-15(2)19-13-12(11(8-16)18-14(13)20-15)17-9-10-6-4-3-5-7-10/h3-8,11-14H,9H2,1-2H3/t11-,12-,13+,14-/m1/s1. The Morgan fingerprint density at radius 3 is 2.70 bits per heavy atom. The summed E-state index contributed by atoms with van der Waals surface area (Å²) in [6.45, 7) is 4.05. The lowest BCUT2D eigenvalue weighted by atomic mass is 10.1. The third kappa shape index (κ3) is 2.62. The van der Waals surface area contributed by atoms with Crippen LogP contribution in [-0.2, 0) is 30.3 Å². The molecule has 0 bridgehead atoms. The van der Waals surface area contributed by atoms with Crippen LogP contribution in [0.3, 0.4) is 0 Å². The number of ether oxygens (including phenoxy) is 4. The molecule has 2 heterocycles. The Morgan fingerprint density at radius 1 is 1.25 bits per heavy atom. The van der Waals surface area contributed by atoms with Gasteiger partial charge < -0.3 is 23.7 Å². The minimum absolute atomic E-state index is 0.371. The summed E-state index contributed by atoms with van der Waals surface area (Å²) in [6, 6.07) is 9.78. The molecule has 4 atom stereocenters. The average Bonchev–Trinajstić information content (AvgIpc) is 2.89. The molecule has 0 aliphatic carbocycles. The molecular weight excluding hydrogens is 260 g/mol. The van der Waals surface area contributed by atoms with Crippen LogP contribution in [0.5, 0.6) is 0 Å². The zero-order valence-corrected chi connectivity index (χ0v) is 11.5. The van der Waals surface area contributed by atoms with E-state index in [0.29, 0.717) is 6.61 Å². The van der Waals surface area contributed by atoms with Crippen molar-refractivity contribution >= 4 is 6.29 Å². The molecule has 1 aromatic carbocycles. The van der Waals surface area contributed by atoms with Gasteiger partial charge in [-0.1, -0.05) is 30.3 Å². The lowest BCUT2D eigenvalue weighted by Gasteiger charge is -2.23. The molecule has 1 aromatic rings. The molecule has 2 saturated heterocycles. The van der Waals surface area contributed by atoms with Gasteiger partial charge in [-0.2, -0.15) is 0 Å². The van der Waals surface area contributed by atoms with Gasteiger partial charge in [0, 0.05) is 0 Å². The summed E-state index contributed by atoms with van der Waals surface area (Å²) in [5.74, 6) is -0.711. The van der Waals surface area contributed by atoms with E-state index in [-0.39, 0.29) is 6.10 Å². The second kappa shape index (κ2) is 5.26. The molecule has 2 fully saturated rings. The average molecular weight is 278 g/mol. The van der Waals surface area contributed by atoms with E-state index in [0.717, 1.165) is 11.8 Å². The predicted octanol–water partition coefficient (Wildman–Crippen LogP) is 1.65. The number of hydrogen-bond acceptors (Lipinski definition) is 5. The molecule has 2 aliphatic heterocycles. The van der Waals surface area contributed by atoms with Gasteiger partial charge in [-0.25, -0.2) is 0 Å². The van der Waals surface area contributed by atoms with E-state index in [9.17, 15) is 4.79 Å². The van der Waals surface area contributed by atoms with Gasteiger partial charge in [0.2, 0.25) is 0 Å². The van der Waals surface area contributed by atoms with E-state index in [1.54, 1.807) is 0 Å². The minimum atomic E-state index is -0.711. The van der Waals surface area contributed by atoms with Crippen molar-refractivity contribution in [2.75, 3.05) is 0 Å². The first kappa shape index (κ1) is 13.7. The molecule has 0 amide bonds. The quantitative estimate of drug-likeness (QED) is 0.784. The lowest BCUT2D eigenvalue weighted by Crippen LogP contribution is -2.37. The van der Waals surface area contributed by atoms with Crippen molar-refractivity contribution in [1.29, 1.82) is 0 Å². The van der Waals surface area contributed by atoms with Gasteiger partial charge in [0.05, 0.1) is 6.61 Å².